The Morgan fingerprint density at radius 2 is 2.05 bits per heavy atom. The van der Waals surface area contributed by atoms with E-state index in [1.54, 1.807) is 0 Å². The highest BCUT2D eigenvalue weighted by atomic mass is 32.2. The van der Waals surface area contributed by atoms with E-state index in [4.69, 9.17) is 10.4 Å². The van der Waals surface area contributed by atoms with Crippen LogP contribution >= 0.6 is 11.8 Å². The SMILES string of the molecule is CCCCN(CCC(=O)O)c1ccc(SC#N)cc1. The third kappa shape index (κ3) is 5.66. The molecule has 0 radical (unpaired) electrons. The molecule has 0 aliphatic carbocycles. The van der Waals surface area contributed by atoms with E-state index in [1.807, 2.05) is 29.7 Å². The lowest BCUT2D eigenvalue weighted by atomic mass is 10.2. The first-order chi connectivity index (χ1) is 9.17. The number of nitriles is 1. The predicted molar refractivity (Wildman–Crippen MR) is 77.3 cm³/mol. The van der Waals surface area contributed by atoms with Gasteiger partial charge in [0.15, 0.2) is 0 Å². The van der Waals surface area contributed by atoms with Gasteiger partial charge >= 0.3 is 5.97 Å². The molecule has 1 aromatic rings. The predicted octanol–water partition coefficient (Wildman–Crippen LogP) is 3.34. The minimum absolute atomic E-state index is 0.137. The zero-order valence-electron chi connectivity index (χ0n) is 11.0. The van der Waals surface area contributed by atoms with Crippen molar-refractivity contribution in [3.63, 3.8) is 0 Å². The van der Waals surface area contributed by atoms with Crippen LogP contribution in [0.25, 0.3) is 0 Å². The Morgan fingerprint density at radius 3 is 2.58 bits per heavy atom. The molecule has 0 aliphatic rings. The first-order valence-electron chi connectivity index (χ1n) is 6.30. The zero-order valence-corrected chi connectivity index (χ0v) is 11.8. The van der Waals surface area contributed by atoms with Crippen molar-refractivity contribution in [1.29, 1.82) is 5.26 Å². The minimum Gasteiger partial charge on any atom is -0.481 e. The summed E-state index contributed by atoms with van der Waals surface area (Å²) in [6, 6.07) is 7.67. The summed E-state index contributed by atoms with van der Waals surface area (Å²) in [7, 11) is 0. The molecule has 0 fully saturated rings. The largest absolute Gasteiger partial charge is 0.481 e. The second-order valence-corrected chi connectivity index (χ2v) is 5.03. The van der Waals surface area contributed by atoms with Gasteiger partial charge in [-0.15, -0.1) is 0 Å². The number of thioether (sulfide) groups is 1. The Labute approximate surface area is 118 Å². The van der Waals surface area contributed by atoms with Crippen LogP contribution in [0.2, 0.25) is 0 Å². The number of hydrogen-bond donors (Lipinski definition) is 1. The van der Waals surface area contributed by atoms with E-state index in [9.17, 15) is 4.79 Å². The quantitative estimate of drug-likeness (QED) is 0.583. The Morgan fingerprint density at radius 1 is 1.37 bits per heavy atom. The van der Waals surface area contributed by atoms with Crippen LogP contribution in [0.3, 0.4) is 0 Å². The fourth-order valence-corrected chi connectivity index (χ4v) is 2.10. The molecular formula is C14H18N2O2S. The lowest BCUT2D eigenvalue weighted by Crippen LogP contribution is -2.27. The number of benzene rings is 1. The van der Waals surface area contributed by atoms with Crippen molar-refractivity contribution in [1.82, 2.24) is 0 Å². The minimum atomic E-state index is -0.779. The molecule has 4 nitrogen and oxygen atoms in total. The molecular weight excluding hydrogens is 260 g/mol. The summed E-state index contributed by atoms with van der Waals surface area (Å²) >= 11 is 1.12. The molecule has 0 aromatic heterocycles. The average molecular weight is 278 g/mol. The zero-order chi connectivity index (χ0) is 14.1. The molecule has 0 unspecified atom stereocenters. The van der Waals surface area contributed by atoms with E-state index < -0.39 is 5.97 Å². The van der Waals surface area contributed by atoms with Gasteiger partial charge < -0.3 is 10.0 Å². The topological polar surface area (TPSA) is 64.3 Å². The van der Waals surface area contributed by atoms with Gasteiger partial charge in [-0.1, -0.05) is 13.3 Å². The van der Waals surface area contributed by atoms with Crippen LogP contribution in [0.4, 0.5) is 5.69 Å². The molecule has 1 N–H and O–H groups in total. The number of nitrogens with zero attached hydrogens (tertiary/aromatic N) is 2. The van der Waals surface area contributed by atoms with Crippen LogP contribution < -0.4 is 4.90 Å². The molecule has 0 saturated heterocycles. The van der Waals surface area contributed by atoms with Gasteiger partial charge in [-0.05, 0) is 42.4 Å². The van der Waals surface area contributed by atoms with E-state index in [-0.39, 0.29) is 6.42 Å². The van der Waals surface area contributed by atoms with Crippen LogP contribution in [0.1, 0.15) is 26.2 Å². The summed E-state index contributed by atoms with van der Waals surface area (Å²) < 4.78 is 0. The van der Waals surface area contributed by atoms with Gasteiger partial charge in [-0.3, -0.25) is 4.79 Å². The molecule has 19 heavy (non-hydrogen) atoms. The molecule has 0 aliphatic heterocycles. The Hall–Kier alpha value is -1.67. The number of thiocyanates is 1. The van der Waals surface area contributed by atoms with Crippen LogP contribution in [0.15, 0.2) is 29.2 Å². The third-order valence-electron chi connectivity index (χ3n) is 2.74. The summed E-state index contributed by atoms with van der Waals surface area (Å²) in [4.78, 5) is 13.7. The molecule has 0 bridgehead atoms. The number of hydrogen-bond acceptors (Lipinski definition) is 4. The Bertz CT molecular complexity index is 440. The van der Waals surface area contributed by atoms with Gasteiger partial charge in [0.2, 0.25) is 0 Å². The van der Waals surface area contributed by atoms with Crippen molar-refractivity contribution >= 4 is 23.4 Å². The molecule has 0 atom stereocenters. The maximum Gasteiger partial charge on any atom is 0.305 e. The van der Waals surface area contributed by atoms with E-state index in [2.05, 4.69) is 11.8 Å². The van der Waals surface area contributed by atoms with Crippen molar-refractivity contribution in [2.24, 2.45) is 0 Å². The molecule has 0 saturated carbocycles. The first kappa shape index (κ1) is 15.4. The summed E-state index contributed by atoms with van der Waals surface area (Å²) in [5.41, 5.74) is 1.01. The standard InChI is InChI=1S/C14H18N2O2S/c1-2-3-9-16(10-8-14(17)18)12-4-6-13(7-5-12)19-11-15/h4-7H,2-3,8-10H2,1H3,(H,17,18). The highest BCUT2D eigenvalue weighted by molar-refractivity contribution is 8.03. The molecule has 1 aromatic carbocycles. The van der Waals surface area contributed by atoms with Crippen molar-refractivity contribution < 1.29 is 9.90 Å². The fraction of sp³-hybridized carbons (Fsp3) is 0.429. The second-order valence-electron chi connectivity index (χ2n) is 4.17. The average Bonchev–Trinajstić information content (AvgIpc) is 2.40. The molecule has 0 heterocycles. The van der Waals surface area contributed by atoms with Gasteiger partial charge in [0.25, 0.3) is 0 Å². The van der Waals surface area contributed by atoms with E-state index in [0.29, 0.717) is 6.54 Å². The number of carbonyl (C=O) groups is 1. The highest BCUT2D eigenvalue weighted by Gasteiger charge is 2.08. The van der Waals surface area contributed by atoms with Crippen molar-refractivity contribution in [3.05, 3.63) is 24.3 Å². The van der Waals surface area contributed by atoms with Crippen molar-refractivity contribution in [2.45, 2.75) is 31.1 Å². The number of aliphatic carboxylic acids is 1. The van der Waals surface area contributed by atoms with E-state index in [0.717, 1.165) is 41.7 Å². The number of anilines is 1. The summed E-state index contributed by atoms with van der Waals surface area (Å²) in [6.45, 7) is 3.48. The number of unbranched alkanes of at least 4 members (excludes halogenated alkanes) is 1. The van der Waals surface area contributed by atoms with Gasteiger partial charge in [-0.2, -0.15) is 5.26 Å². The summed E-state index contributed by atoms with van der Waals surface area (Å²) in [6.07, 6.45) is 2.25. The monoisotopic (exact) mass is 278 g/mol. The van der Waals surface area contributed by atoms with Crippen LogP contribution in [-0.2, 0) is 4.79 Å². The maximum atomic E-state index is 10.7. The Kier molecular flexibility index (Phi) is 6.83. The first-order valence-corrected chi connectivity index (χ1v) is 7.11. The highest BCUT2D eigenvalue weighted by Crippen LogP contribution is 2.22. The van der Waals surface area contributed by atoms with Crippen LogP contribution in [-0.4, -0.2) is 24.2 Å². The van der Waals surface area contributed by atoms with Gasteiger partial charge in [0, 0.05) is 23.7 Å². The van der Waals surface area contributed by atoms with Gasteiger partial charge in [0.05, 0.1) is 6.42 Å². The van der Waals surface area contributed by atoms with E-state index in [1.165, 1.54) is 0 Å². The number of carboxylic acids is 1. The normalized spacial score (nSPS) is 9.89. The summed E-state index contributed by atoms with van der Waals surface area (Å²) in [5, 5.41) is 19.4. The third-order valence-corrected chi connectivity index (χ3v) is 3.34. The van der Waals surface area contributed by atoms with Gasteiger partial charge in [0.1, 0.15) is 5.40 Å². The number of rotatable bonds is 8. The second kappa shape index (κ2) is 8.44. The maximum absolute atomic E-state index is 10.7. The Balaban J connectivity index is 2.72. The molecule has 0 amide bonds. The fourth-order valence-electron chi connectivity index (χ4n) is 1.73. The molecule has 5 heteroatoms. The van der Waals surface area contributed by atoms with E-state index >= 15 is 0 Å². The molecule has 0 spiro atoms. The smallest absolute Gasteiger partial charge is 0.305 e. The van der Waals surface area contributed by atoms with Crippen molar-refractivity contribution in [3.8, 4) is 5.40 Å². The lowest BCUT2D eigenvalue weighted by Gasteiger charge is -2.24. The lowest BCUT2D eigenvalue weighted by molar-refractivity contribution is -0.136. The molecule has 1 rings (SSSR count). The summed E-state index contributed by atoms with van der Waals surface area (Å²) in [5.74, 6) is -0.779. The molecule has 102 valence electrons. The van der Waals surface area contributed by atoms with Crippen LogP contribution in [0, 0.1) is 10.7 Å². The number of carboxylic acid groups (broad SMARTS) is 1. The van der Waals surface area contributed by atoms with Crippen molar-refractivity contribution in [2.75, 3.05) is 18.0 Å². The van der Waals surface area contributed by atoms with Crippen LogP contribution in [0.5, 0.6) is 0 Å². The van der Waals surface area contributed by atoms with Gasteiger partial charge in [-0.25, -0.2) is 0 Å².